The highest BCUT2D eigenvalue weighted by Crippen LogP contribution is 2.19. The predicted molar refractivity (Wildman–Crippen MR) is 99.8 cm³/mol. The van der Waals surface area contributed by atoms with Gasteiger partial charge in [0.05, 0.1) is 4.90 Å². The molecule has 0 unspecified atom stereocenters. The first-order valence-electron chi connectivity index (χ1n) is 7.27. The molecule has 140 valence electrons. The van der Waals surface area contributed by atoms with Crippen molar-refractivity contribution in [1.29, 1.82) is 0 Å². The highest BCUT2D eigenvalue weighted by molar-refractivity contribution is 7.89. The van der Waals surface area contributed by atoms with Crippen LogP contribution in [0.5, 0.6) is 0 Å². The lowest BCUT2D eigenvalue weighted by Gasteiger charge is -2.14. The number of aromatic nitrogens is 2. The molecule has 13 heteroatoms. The van der Waals surface area contributed by atoms with Crippen molar-refractivity contribution in [3.8, 4) is 0 Å². The molecule has 0 spiro atoms. The average molecular weight is 399 g/mol. The van der Waals surface area contributed by atoms with E-state index in [-0.39, 0.29) is 34.5 Å². The van der Waals surface area contributed by atoms with Crippen LogP contribution in [0.2, 0.25) is 0 Å². The number of hydrogen-bond donors (Lipinski definition) is 4. The van der Waals surface area contributed by atoms with Gasteiger partial charge in [-0.05, 0) is 46.9 Å². The maximum Gasteiger partial charge on any atom is 0.387 e. The van der Waals surface area contributed by atoms with Crippen LogP contribution >= 0.6 is 12.2 Å². The number of nitrogens with two attached hydrogens (primary N) is 2. The van der Waals surface area contributed by atoms with Crippen molar-refractivity contribution < 1.29 is 13.3 Å². The van der Waals surface area contributed by atoms with Crippen molar-refractivity contribution in [1.82, 2.24) is 9.66 Å². The molecule has 26 heavy (non-hydrogen) atoms. The lowest BCUT2D eigenvalue weighted by atomic mass is 10.3. The topological polar surface area (TPSA) is 171 Å². The van der Waals surface area contributed by atoms with Gasteiger partial charge in [-0.1, -0.05) is 6.07 Å². The van der Waals surface area contributed by atoms with Gasteiger partial charge >= 0.3 is 5.82 Å². The van der Waals surface area contributed by atoms with E-state index in [2.05, 4.69) is 15.7 Å². The van der Waals surface area contributed by atoms with Crippen LogP contribution in [0.3, 0.4) is 0 Å². The Morgan fingerprint density at radius 3 is 2.73 bits per heavy atom. The molecule has 0 amide bonds. The van der Waals surface area contributed by atoms with Gasteiger partial charge in [0.25, 0.3) is 0 Å². The van der Waals surface area contributed by atoms with Crippen LogP contribution < -0.4 is 21.6 Å². The maximum atomic E-state index is 11.4. The number of thiocarbonyl (C=S) groups is 1. The standard InChI is InChI=1S/C13H17N7O4S2/c1-8-16-12(20(21)22)11(5-6-14)19(8)18-13(25)17-9-3-2-4-10(7-9)26(15,23)24/h2-4,7H,5-6,14H2,1H3,(H2,15,23,24)(H2,17,18,25). The first kappa shape index (κ1) is 19.7. The van der Waals surface area contributed by atoms with E-state index >= 15 is 0 Å². The van der Waals surface area contributed by atoms with Crippen molar-refractivity contribution in [2.45, 2.75) is 18.2 Å². The van der Waals surface area contributed by atoms with Gasteiger partial charge in [0, 0.05) is 19.0 Å². The number of anilines is 1. The number of nitro groups is 1. The number of hydrogen-bond acceptors (Lipinski definition) is 7. The molecule has 0 fully saturated rings. The summed E-state index contributed by atoms with van der Waals surface area (Å²) < 4.78 is 24.2. The normalized spacial score (nSPS) is 11.2. The predicted octanol–water partition coefficient (Wildman–Crippen LogP) is 0.189. The molecule has 1 aromatic heterocycles. The van der Waals surface area contributed by atoms with E-state index in [0.29, 0.717) is 11.5 Å². The Morgan fingerprint density at radius 1 is 1.46 bits per heavy atom. The number of imidazole rings is 1. The summed E-state index contributed by atoms with van der Waals surface area (Å²) in [7, 11) is -3.85. The van der Waals surface area contributed by atoms with Gasteiger partial charge in [0.1, 0.15) is 5.69 Å². The molecule has 0 aliphatic carbocycles. The van der Waals surface area contributed by atoms with Gasteiger partial charge in [0.15, 0.2) is 5.11 Å². The van der Waals surface area contributed by atoms with Crippen LogP contribution in [-0.4, -0.2) is 34.7 Å². The summed E-state index contributed by atoms with van der Waals surface area (Å²) in [6.45, 7) is 1.76. The highest BCUT2D eigenvalue weighted by Gasteiger charge is 2.25. The fourth-order valence-corrected chi connectivity index (χ4v) is 3.00. The minimum Gasteiger partial charge on any atom is -0.358 e. The monoisotopic (exact) mass is 399 g/mol. The van der Waals surface area contributed by atoms with E-state index in [4.69, 9.17) is 23.1 Å². The Bertz CT molecular complexity index is 955. The SMILES string of the molecule is Cc1nc([N+](=O)[O-])c(CCN)n1NC(=S)Nc1cccc(S(N)(=O)=O)c1. The molecule has 0 radical (unpaired) electrons. The summed E-state index contributed by atoms with van der Waals surface area (Å²) in [6.07, 6.45) is 0.216. The van der Waals surface area contributed by atoms with Crippen LogP contribution in [0.1, 0.15) is 11.5 Å². The number of primary sulfonamides is 1. The summed E-state index contributed by atoms with van der Waals surface area (Å²) in [5.74, 6) is 0.0158. The number of sulfonamides is 1. The average Bonchev–Trinajstić information content (AvgIpc) is 2.84. The smallest absolute Gasteiger partial charge is 0.358 e. The molecule has 0 aliphatic heterocycles. The summed E-state index contributed by atoms with van der Waals surface area (Å²) in [6, 6.07) is 5.75. The quantitative estimate of drug-likeness (QED) is 0.300. The third kappa shape index (κ3) is 4.51. The Hall–Kier alpha value is -2.61. The Balaban J connectivity index is 2.25. The van der Waals surface area contributed by atoms with Crippen molar-refractivity contribution in [3.05, 3.63) is 45.9 Å². The first-order chi connectivity index (χ1) is 12.1. The third-order valence-corrected chi connectivity index (χ3v) is 4.41. The minimum absolute atomic E-state index is 0.0743. The second-order valence-electron chi connectivity index (χ2n) is 5.20. The van der Waals surface area contributed by atoms with E-state index in [1.165, 1.54) is 22.9 Å². The number of nitrogens with one attached hydrogen (secondary N) is 2. The van der Waals surface area contributed by atoms with E-state index in [1.54, 1.807) is 13.0 Å². The van der Waals surface area contributed by atoms with Gasteiger partial charge in [-0.3, -0.25) is 5.43 Å². The Morgan fingerprint density at radius 2 is 2.15 bits per heavy atom. The summed E-state index contributed by atoms with van der Waals surface area (Å²) in [4.78, 5) is 14.3. The number of rotatable bonds is 6. The van der Waals surface area contributed by atoms with Crippen molar-refractivity contribution in [2.24, 2.45) is 10.9 Å². The largest absolute Gasteiger partial charge is 0.387 e. The van der Waals surface area contributed by atoms with Crippen molar-refractivity contribution in [3.63, 3.8) is 0 Å². The highest BCUT2D eigenvalue weighted by atomic mass is 32.2. The zero-order valence-electron chi connectivity index (χ0n) is 13.7. The summed E-state index contributed by atoms with van der Waals surface area (Å²) in [5, 5.41) is 19.1. The van der Waals surface area contributed by atoms with E-state index in [0.717, 1.165) is 0 Å². The van der Waals surface area contributed by atoms with Crippen molar-refractivity contribution in [2.75, 3.05) is 17.3 Å². The molecule has 1 aromatic carbocycles. The van der Waals surface area contributed by atoms with Gasteiger partial charge in [-0.2, -0.15) is 0 Å². The fourth-order valence-electron chi connectivity index (χ4n) is 2.23. The number of nitrogens with zero attached hydrogens (tertiary/aromatic N) is 3. The summed E-state index contributed by atoms with van der Waals surface area (Å²) in [5.41, 5.74) is 8.94. The van der Waals surface area contributed by atoms with Crippen LogP contribution in [0.4, 0.5) is 11.5 Å². The lowest BCUT2D eigenvalue weighted by Crippen LogP contribution is -2.30. The molecule has 11 nitrogen and oxygen atoms in total. The molecule has 0 saturated heterocycles. The maximum absolute atomic E-state index is 11.4. The third-order valence-electron chi connectivity index (χ3n) is 3.31. The molecule has 6 N–H and O–H groups in total. The van der Waals surface area contributed by atoms with Crippen molar-refractivity contribution >= 4 is 38.9 Å². The molecular weight excluding hydrogens is 382 g/mol. The lowest BCUT2D eigenvalue weighted by molar-refractivity contribution is -0.390. The molecule has 0 bridgehead atoms. The second kappa shape index (κ2) is 7.74. The number of benzene rings is 1. The van der Waals surface area contributed by atoms with E-state index < -0.39 is 14.9 Å². The Kier molecular flexibility index (Phi) is 5.86. The number of aryl methyl sites for hydroxylation is 1. The van der Waals surface area contributed by atoms with Crippen LogP contribution in [0.25, 0.3) is 0 Å². The molecule has 1 heterocycles. The van der Waals surface area contributed by atoms with Gasteiger partial charge in [0.2, 0.25) is 15.8 Å². The second-order valence-corrected chi connectivity index (χ2v) is 7.17. The fraction of sp³-hybridized carbons (Fsp3) is 0.231. The molecule has 2 rings (SSSR count). The first-order valence-corrected chi connectivity index (χ1v) is 9.22. The van der Waals surface area contributed by atoms with Crippen LogP contribution in [0.15, 0.2) is 29.2 Å². The molecule has 0 saturated carbocycles. The zero-order chi connectivity index (χ0) is 19.5. The molecule has 0 atom stereocenters. The van der Waals surface area contributed by atoms with Gasteiger partial charge in [-0.15, -0.1) is 0 Å². The zero-order valence-corrected chi connectivity index (χ0v) is 15.3. The van der Waals surface area contributed by atoms with Gasteiger partial charge < -0.3 is 21.2 Å². The van der Waals surface area contributed by atoms with Gasteiger partial charge in [-0.25, -0.2) is 18.2 Å². The molecule has 2 aromatic rings. The van der Waals surface area contributed by atoms with Crippen LogP contribution in [0, 0.1) is 17.0 Å². The molecular formula is C13H17N7O4S2. The van der Waals surface area contributed by atoms with E-state index in [9.17, 15) is 18.5 Å². The van der Waals surface area contributed by atoms with E-state index in [1.807, 2.05) is 0 Å². The summed E-state index contributed by atoms with van der Waals surface area (Å²) >= 11 is 5.18. The minimum atomic E-state index is -3.85. The molecule has 0 aliphatic rings. The Labute approximate surface area is 154 Å². The van der Waals surface area contributed by atoms with Crippen LogP contribution in [-0.2, 0) is 16.4 Å².